The fourth-order valence-corrected chi connectivity index (χ4v) is 2.82. The van der Waals surface area contributed by atoms with Crippen LogP contribution in [0.2, 0.25) is 0 Å². The molecule has 0 fully saturated rings. The number of ether oxygens (including phenoxy) is 2. The van der Waals surface area contributed by atoms with Gasteiger partial charge in [0.1, 0.15) is 0 Å². The summed E-state index contributed by atoms with van der Waals surface area (Å²) in [6.45, 7) is 3.60. The van der Waals surface area contributed by atoms with Crippen LogP contribution in [0, 0.1) is 0 Å². The van der Waals surface area contributed by atoms with Gasteiger partial charge in [0.15, 0.2) is 16.7 Å². The van der Waals surface area contributed by atoms with Gasteiger partial charge in [-0.1, -0.05) is 18.7 Å². The average Bonchev–Trinajstić information content (AvgIpc) is 3.05. The van der Waals surface area contributed by atoms with E-state index in [-0.39, 0.29) is 12.7 Å². The number of amidine groups is 1. The Hall–Kier alpha value is -1.69. The van der Waals surface area contributed by atoms with E-state index in [1.165, 1.54) is 0 Å². The van der Waals surface area contributed by atoms with E-state index in [9.17, 15) is 4.79 Å². The van der Waals surface area contributed by atoms with Gasteiger partial charge in [0.05, 0.1) is 6.54 Å². The third kappa shape index (κ3) is 2.28. The first-order chi connectivity index (χ1) is 9.29. The monoisotopic (exact) mass is 278 g/mol. The molecule has 6 heteroatoms. The standard InChI is InChI=1S/C13H14N2O3S/c1-2-19-13-14-5-6-15(13)12(16)9-3-4-10-11(7-9)18-8-17-10/h3-4,7H,2,5-6,8H2,1H3. The summed E-state index contributed by atoms with van der Waals surface area (Å²) in [5, 5.41) is 0.810. The van der Waals surface area contributed by atoms with E-state index in [1.54, 1.807) is 34.9 Å². The van der Waals surface area contributed by atoms with Crippen LogP contribution in [0.3, 0.4) is 0 Å². The number of carbonyl (C=O) groups excluding carboxylic acids is 1. The van der Waals surface area contributed by atoms with Crippen molar-refractivity contribution in [2.45, 2.75) is 6.92 Å². The van der Waals surface area contributed by atoms with Gasteiger partial charge in [-0.05, 0) is 24.0 Å². The Labute approximate surface area is 115 Å². The van der Waals surface area contributed by atoms with Crippen molar-refractivity contribution in [2.75, 3.05) is 25.6 Å². The Kier molecular flexibility index (Phi) is 3.33. The topological polar surface area (TPSA) is 51.1 Å². The molecule has 1 aromatic carbocycles. The molecule has 19 heavy (non-hydrogen) atoms. The minimum absolute atomic E-state index is 0.0319. The van der Waals surface area contributed by atoms with E-state index >= 15 is 0 Å². The van der Waals surface area contributed by atoms with Crippen LogP contribution in [-0.2, 0) is 0 Å². The normalized spacial score (nSPS) is 16.7. The number of amides is 1. The van der Waals surface area contributed by atoms with E-state index in [0.717, 1.165) is 10.9 Å². The van der Waals surface area contributed by atoms with Crippen LogP contribution in [0.15, 0.2) is 23.2 Å². The van der Waals surface area contributed by atoms with Crippen LogP contribution in [0.4, 0.5) is 0 Å². The molecule has 0 N–H and O–H groups in total. The molecule has 0 saturated carbocycles. The number of hydrogen-bond donors (Lipinski definition) is 0. The second kappa shape index (κ2) is 5.13. The molecule has 0 saturated heterocycles. The number of carbonyl (C=O) groups is 1. The number of aliphatic imine (C=N–C) groups is 1. The van der Waals surface area contributed by atoms with Crippen LogP contribution in [0.5, 0.6) is 11.5 Å². The fraction of sp³-hybridized carbons (Fsp3) is 0.385. The van der Waals surface area contributed by atoms with Gasteiger partial charge in [-0.3, -0.25) is 14.7 Å². The lowest BCUT2D eigenvalue weighted by molar-refractivity contribution is 0.0860. The van der Waals surface area contributed by atoms with Gasteiger partial charge in [0.2, 0.25) is 6.79 Å². The maximum atomic E-state index is 12.5. The molecule has 0 unspecified atom stereocenters. The van der Waals surface area contributed by atoms with Crippen molar-refractivity contribution in [2.24, 2.45) is 4.99 Å². The quantitative estimate of drug-likeness (QED) is 0.830. The first-order valence-electron chi connectivity index (χ1n) is 6.18. The highest BCUT2D eigenvalue weighted by atomic mass is 32.2. The Balaban J connectivity index is 1.82. The lowest BCUT2D eigenvalue weighted by Gasteiger charge is -2.17. The molecule has 0 bridgehead atoms. The molecule has 0 aromatic heterocycles. The second-order valence-corrected chi connectivity index (χ2v) is 5.35. The van der Waals surface area contributed by atoms with Gasteiger partial charge in [0, 0.05) is 12.1 Å². The van der Waals surface area contributed by atoms with Crippen molar-refractivity contribution in [3.05, 3.63) is 23.8 Å². The zero-order valence-electron chi connectivity index (χ0n) is 10.6. The van der Waals surface area contributed by atoms with Gasteiger partial charge in [-0.25, -0.2) is 0 Å². The third-order valence-electron chi connectivity index (χ3n) is 2.94. The Morgan fingerprint density at radius 3 is 3.11 bits per heavy atom. The molecular weight excluding hydrogens is 264 g/mol. The molecule has 1 aromatic rings. The first-order valence-corrected chi connectivity index (χ1v) is 7.17. The van der Waals surface area contributed by atoms with E-state index in [0.29, 0.717) is 30.2 Å². The van der Waals surface area contributed by atoms with E-state index < -0.39 is 0 Å². The van der Waals surface area contributed by atoms with Gasteiger partial charge in [0.25, 0.3) is 5.91 Å². The maximum absolute atomic E-state index is 12.5. The number of fused-ring (bicyclic) bond motifs is 1. The van der Waals surface area contributed by atoms with Crippen LogP contribution in [-0.4, -0.2) is 41.6 Å². The Bertz CT molecular complexity index is 545. The highest BCUT2D eigenvalue weighted by Crippen LogP contribution is 2.33. The van der Waals surface area contributed by atoms with E-state index in [4.69, 9.17) is 9.47 Å². The van der Waals surface area contributed by atoms with Crippen molar-refractivity contribution in [1.82, 2.24) is 4.90 Å². The molecule has 2 aliphatic heterocycles. The summed E-state index contributed by atoms with van der Waals surface area (Å²) >= 11 is 1.59. The SMILES string of the molecule is CCSC1=NCCN1C(=O)c1ccc2c(c1)OCO2. The molecule has 0 spiro atoms. The van der Waals surface area contributed by atoms with Gasteiger partial charge in [-0.15, -0.1) is 0 Å². The Morgan fingerprint density at radius 2 is 2.26 bits per heavy atom. The number of hydrogen-bond acceptors (Lipinski definition) is 5. The first kappa shape index (κ1) is 12.3. The molecule has 2 heterocycles. The van der Waals surface area contributed by atoms with Crippen molar-refractivity contribution >= 4 is 22.8 Å². The molecule has 1 amide bonds. The van der Waals surface area contributed by atoms with Gasteiger partial charge >= 0.3 is 0 Å². The maximum Gasteiger partial charge on any atom is 0.260 e. The highest BCUT2D eigenvalue weighted by molar-refractivity contribution is 8.13. The minimum Gasteiger partial charge on any atom is -0.454 e. The summed E-state index contributed by atoms with van der Waals surface area (Å²) in [6, 6.07) is 5.27. The number of nitrogens with zero attached hydrogens (tertiary/aromatic N) is 2. The number of rotatable bonds is 2. The van der Waals surface area contributed by atoms with E-state index in [2.05, 4.69) is 11.9 Å². The molecular formula is C13H14N2O3S. The number of thioether (sulfide) groups is 1. The van der Waals surface area contributed by atoms with Crippen LogP contribution < -0.4 is 9.47 Å². The molecule has 100 valence electrons. The largest absolute Gasteiger partial charge is 0.454 e. The fourth-order valence-electron chi connectivity index (χ4n) is 2.05. The van der Waals surface area contributed by atoms with Crippen molar-refractivity contribution in [3.8, 4) is 11.5 Å². The average molecular weight is 278 g/mol. The van der Waals surface area contributed by atoms with Gasteiger partial charge < -0.3 is 9.47 Å². The third-order valence-corrected chi connectivity index (χ3v) is 3.84. The van der Waals surface area contributed by atoms with E-state index in [1.807, 2.05) is 0 Å². The predicted octanol–water partition coefficient (Wildman–Crippen LogP) is 1.98. The summed E-state index contributed by atoms with van der Waals surface area (Å²) in [5.74, 6) is 2.20. The number of benzene rings is 1. The van der Waals surface area contributed by atoms with Crippen molar-refractivity contribution in [3.63, 3.8) is 0 Å². The molecule has 3 rings (SSSR count). The highest BCUT2D eigenvalue weighted by Gasteiger charge is 2.26. The summed E-state index contributed by atoms with van der Waals surface area (Å²) < 4.78 is 10.5. The summed E-state index contributed by atoms with van der Waals surface area (Å²) in [5.41, 5.74) is 0.607. The summed E-state index contributed by atoms with van der Waals surface area (Å²) in [4.78, 5) is 18.6. The lowest BCUT2D eigenvalue weighted by atomic mass is 10.2. The summed E-state index contributed by atoms with van der Waals surface area (Å²) in [7, 11) is 0. The van der Waals surface area contributed by atoms with Crippen molar-refractivity contribution < 1.29 is 14.3 Å². The smallest absolute Gasteiger partial charge is 0.260 e. The lowest BCUT2D eigenvalue weighted by Crippen LogP contribution is -2.32. The van der Waals surface area contributed by atoms with Crippen LogP contribution >= 0.6 is 11.8 Å². The van der Waals surface area contributed by atoms with Crippen molar-refractivity contribution in [1.29, 1.82) is 0 Å². The van der Waals surface area contributed by atoms with Crippen LogP contribution in [0.1, 0.15) is 17.3 Å². The molecule has 5 nitrogen and oxygen atoms in total. The second-order valence-electron chi connectivity index (χ2n) is 4.12. The molecule has 0 radical (unpaired) electrons. The predicted molar refractivity (Wildman–Crippen MR) is 74.0 cm³/mol. The molecule has 2 aliphatic rings. The zero-order chi connectivity index (χ0) is 13.2. The van der Waals surface area contributed by atoms with Gasteiger partial charge in [-0.2, -0.15) is 0 Å². The summed E-state index contributed by atoms with van der Waals surface area (Å²) in [6.07, 6.45) is 0. The molecule has 0 aliphatic carbocycles. The van der Waals surface area contributed by atoms with Crippen LogP contribution in [0.25, 0.3) is 0 Å². The minimum atomic E-state index is -0.0319. The Morgan fingerprint density at radius 1 is 1.42 bits per heavy atom. The zero-order valence-corrected chi connectivity index (χ0v) is 11.4. The molecule has 0 atom stereocenters.